The third kappa shape index (κ3) is 5.29. The maximum absolute atomic E-state index is 14.5. The van der Waals surface area contributed by atoms with Gasteiger partial charge in [-0.2, -0.15) is 0 Å². The molecule has 1 saturated carbocycles. The quantitative estimate of drug-likeness (QED) is 0.612. The number of benzene rings is 1. The Kier molecular flexibility index (Phi) is 8.20. The Hall–Kier alpha value is -0.930. The molecule has 0 amide bonds. The summed E-state index contributed by atoms with van der Waals surface area (Å²) in [5, 5.41) is 9.42. The van der Waals surface area contributed by atoms with Crippen molar-refractivity contribution in [3.63, 3.8) is 0 Å². The fourth-order valence-electron chi connectivity index (χ4n) is 4.04. The van der Waals surface area contributed by atoms with Gasteiger partial charge in [0.05, 0.1) is 13.2 Å². The van der Waals surface area contributed by atoms with E-state index in [9.17, 15) is 9.50 Å². The van der Waals surface area contributed by atoms with Crippen LogP contribution >= 0.6 is 0 Å². The molecule has 0 bridgehead atoms. The maximum atomic E-state index is 14.5. The summed E-state index contributed by atoms with van der Waals surface area (Å²) < 4.78 is 19.6. The molecule has 1 atom stereocenters. The zero-order chi connectivity index (χ0) is 17.4. The van der Waals surface area contributed by atoms with Crippen LogP contribution < -0.4 is 0 Å². The van der Waals surface area contributed by atoms with E-state index in [0.717, 1.165) is 11.5 Å². The van der Waals surface area contributed by atoms with E-state index >= 15 is 0 Å². The Morgan fingerprint density at radius 2 is 1.96 bits per heavy atom. The van der Waals surface area contributed by atoms with Crippen LogP contribution in [0.2, 0.25) is 0 Å². The lowest BCUT2D eigenvalue weighted by Crippen LogP contribution is -2.15. The number of halogens is 1. The van der Waals surface area contributed by atoms with E-state index in [1.165, 1.54) is 51.4 Å². The minimum atomic E-state index is -0.279. The van der Waals surface area contributed by atoms with Gasteiger partial charge in [-0.3, -0.25) is 0 Å². The summed E-state index contributed by atoms with van der Waals surface area (Å²) in [5.74, 6) is 0.885. The van der Waals surface area contributed by atoms with E-state index in [4.69, 9.17) is 4.74 Å². The van der Waals surface area contributed by atoms with Gasteiger partial charge in [-0.25, -0.2) is 4.39 Å². The minimum Gasteiger partial charge on any atom is -0.396 e. The van der Waals surface area contributed by atoms with Gasteiger partial charge >= 0.3 is 0 Å². The summed E-state index contributed by atoms with van der Waals surface area (Å²) in [6, 6.07) is 5.59. The molecule has 0 heterocycles. The van der Waals surface area contributed by atoms with Crippen LogP contribution in [0.5, 0.6) is 0 Å². The molecule has 3 heteroatoms. The monoisotopic (exact) mass is 336 g/mol. The molecule has 1 aliphatic rings. The lowest BCUT2D eigenvalue weighted by Gasteiger charge is -2.29. The first-order valence-corrected chi connectivity index (χ1v) is 9.58. The highest BCUT2D eigenvalue weighted by atomic mass is 19.1. The fraction of sp³-hybridized carbons (Fsp3) is 0.714. The predicted octanol–water partition coefficient (Wildman–Crippen LogP) is 5.40. The van der Waals surface area contributed by atoms with Crippen LogP contribution in [0.15, 0.2) is 18.2 Å². The largest absolute Gasteiger partial charge is 0.396 e. The Bertz CT molecular complexity index is 481. The molecule has 0 aliphatic heterocycles. The van der Waals surface area contributed by atoms with Crippen LogP contribution in [0.4, 0.5) is 4.39 Å². The third-order valence-electron chi connectivity index (χ3n) is 5.59. The van der Waals surface area contributed by atoms with Gasteiger partial charge in [0.2, 0.25) is 0 Å². The number of ether oxygens (including phenoxy) is 1. The summed E-state index contributed by atoms with van der Waals surface area (Å²) in [4.78, 5) is 0. The molecule has 1 aromatic carbocycles. The van der Waals surface area contributed by atoms with Crippen molar-refractivity contribution in [3.05, 3.63) is 35.1 Å². The van der Waals surface area contributed by atoms with E-state index in [2.05, 4.69) is 13.0 Å². The normalized spacial score (nSPS) is 22.5. The topological polar surface area (TPSA) is 29.5 Å². The average molecular weight is 336 g/mol. The SMILES string of the molecule is CCCCCC1CCC(c2ccc(C(CO)COC)c(F)c2)CC1. The number of aliphatic hydroxyl groups excluding tert-OH is 1. The second-order valence-corrected chi connectivity index (χ2v) is 7.33. The summed E-state index contributed by atoms with van der Waals surface area (Å²) >= 11 is 0. The third-order valence-corrected chi connectivity index (χ3v) is 5.59. The summed E-state index contributed by atoms with van der Waals surface area (Å²) in [7, 11) is 1.58. The Balaban J connectivity index is 1.93. The second kappa shape index (κ2) is 10.1. The van der Waals surface area contributed by atoms with Crippen molar-refractivity contribution in [3.8, 4) is 0 Å². The molecule has 0 saturated heterocycles. The number of hydrogen-bond donors (Lipinski definition) is 1. The van der Waals surface area contributed by atoms with Crippen molar-refractivity contribution in [2.24, 2.45) is 5.92 Å². The standard InChI is InChI=1S/C21H33FO2/c1-3-4-5-6-16-7-9-17(10-8-16)18-11-12-20(21(22)13-18)19(14-23)15-24-2/h11-13,16-17,19,23H,3-10,14-15H2,1-2H3. The van der Waals surface area contributed by atoms with Crippen molar-refractivity contribution in [2.45, 2.75) is 70.1 Å². The molecule has 2 nitrogen and oxygen atoms in total. The zero-order valence-electron chi connectivity index (χ0n) is 15.3. The minimum absolute atomic E-state index is 0.0903. The van der Waals surface area contributed by atoms with Crippen LogP contribution in [0.25, 0.3) is 0 Å². The lowest BCUT2D eigenvalue weighted by molar-refractivity contribution is 0.142. The lowest BCUT2D eigenvalue weighted by atomic mass is 9.76. The van der Waals surface area contributed by atoms with Crippen LogP contribution in [0.1, 0.15) is 81.3 Å². The molecule has 1 unspecified atom stereocenters. The predicted molar refractivity (Wildman–Crippen MR) is 96.9 cm³/mol. The van der Waals surface area contributed by atoms with Crippen molar-refractivity contribution in [2.75, 3.05) is 20.3 Å². The molecule has 24 heavy (non-hydrogen) atoms. The summed E-state index contributed by atoms with van der Waals surface area (Å²) in [6.07, 6.45) is 10.3. The number of methoxy groups -OCH3 is 1. The molecule has 1 aliphatic carbocycles. The van der Waals surface area contributed by atoms with Gasteiger partial charge in [0, 0.05) is 13.0 Å². The van der Waals surface area contributed by atoms with Gasteiger partial charge in [-0.1, -0.05) is 44.7 Å². The first-order chi connectivity index (χ1) is 11.7. The first-order valence-electron chi connectivity index (χ1n) is 9.58. The molecule has 0 spiro atoms. The van der Waals surface area contributed by atoms with Gasteiger partial charge < -0.3 is 9.84 Å². The van der Waals surface area contributed by atoms with Crippen LogP contribution in [0, 0.1) is 11.7 Å². The van der Waals surface area contributed by atoms with Crippen LogP contribution in [-0.4, -0.2) is 25.4 Å². The van der Waals surface area contributed by atoms with Crippen molar-refractivity contribution in [1.82, 2.24) is 0 Å². The van der Waals surface area contributed by atoms with Crippen molar-refractivity contribution >= 4 is 0 Å². The van der Waals surface area contributed by atoms with Crippen LogP contribution in [-0.2, 0) is 4.74 Å². The van der Waals surface area contributed by atoms with Gasteiger partial charge in [0.15, 0.2) is 0 Å². The molecule has 1 aromatic rings. The van der Waals surface area contributed by atoms with E-state index in [1.54, 1.807) is 13.2 Å². The van der Waals surface area contributed by atoms with Gasteiger partial charge in [-0.15, -0.1) is 0 Å². The molecule has 1 fully saturated rings. The van der Waals surface area contributed by atoms with Gasteiger partial charge in [0.25, 0.3) is 0 Å². The molecule has 0 aromatic heterocycles. The molecule has 136 valence electrons. The van der Waals surface area contributed by atoms with Gasteiger partial charge in [0.1, 0.15) is 5.82 Å². The number of aliphatic hydroxyl groups is 1. The zero-order valence-corrected chi connectivity index (χ0v) is 15.3. The summed E-state index contributed by atoms with van der Waals surface area (Å²) in [5.41, 5.74) is 1.69. The average Bonchev–Trinajstić information content (AvgIpc) is 2.61. The highest BCUT2D eigenvalue weighted by Gasteiger charge is 2.23. The maximum Gasteiger partial charge on any atom is 0.127 e. The highest BCUT2D eigenvalue weighted by molar-refractivity contribution is 5.30. The second-order valence-electron chi connectivity index (χ2n) is 7.33. The molecular weight excluding hydrogens is 303 g/mol. The van der Waals surface area contributed by atoms with Crippen LogP contribution in [0.3, 0.4) is 0 Å². The Labute approximate surface area is 146 Å². The first kappa shape index (κ1) is 19.4. The van der Waals surface area contributed by atoms with E-state index < -0.39 is 0 Å². The van der Waals surface area contributed by atoms with E-state index in [-0.39, 0.29) is 18.3 Å². The summed E-state index contributed by atoms with van der Waals surface area (Å²) in [6.45, 7) is 2.51. The molecule has 1 N–H and O–H groups in total. The smallest absolute Gasteiger partial charge is 0.127 e. The number of rotatable bonds is 9. The van der Waals surface area contributed by atoms with E-state index in [0.29, 0.717) is 18.1 Å². The molecule has 2 rings (SSSR count). The van der Waals surface area contributed by atoms with E-state index in [1.807, 2.05) is 6.07 Å². The van der Waals surface area contributed by atoms with Gasteiger partial charge in [-0.05, 0) is 54.7 Å². The fourth-order valence-corrected chi connectivity index (χ4v) is 4.04. The van der Waals surface area contributed by atoms with Crippen molar-refractivity contribution in [1.29, 1.82) is 0 Å². The Morgan fingerprint density at radius 3 is 2.54 bits per heavy atom. The number of hydrogen-bond acceptors (Lipinski definition) is 2. The highest BCUT2D eigenvalue weighted by Crippen LogP contribution is 2.38. The number of unbranched alkanes of at least 4 members (excludes halogenated alkanes) is 2. The Morgan fingerprint density at radius 1 is 1.21 bits per heavy atom. The van der Waals surface area contributed by atoms with Crippen molar-refractivity contribution < 1.29 is 14.2 Å². The molecule has 0 radical (unpaired) electrons. The molecular formula is C21H33FO2.